The van der Waals surface area contributed by atoms with Crippen molar-refractivity contribution in [2.45, 2.75) is 105 Å². The van der Waals surface area contributed by atoms with Crippen molar-refractivity contribution in [1.29, 1.82) is 0 Å². The number of aryl methyl sites for hydroxylation is 4. The van der Waals surface area contributed by atoms with Crippen LogP contribution in [0.1, 0.15) is 100 Å². The topological polar surface area (TPSA) is 19.6 Å². The fourth-order valence-electron chi connectivity index (χ4n) is 13.1. The van der Waals surface area contributed by atoms with Gasteiger partial charge >= 0.3 is 6.85 Å². The highest BCUT2D eigenvalue weighted by Gasteiger charge is 2.47. The predicted octanol–water partition coefficient (Wildman–Crippen LogP) is 17.7. The Hall–Kier alpha value is -7.30. The molecule has 0 amide bonds. The number of hydrogen-bond acceptors (Lipinski definition) is 3. The minimum Gasteiger partial charge on any atom is -0.456 e. The van der Waals surface area contributed by atoms with Crippen LogP contribution in [0.4, 0.5) is 28.4 Å². The van der Waals surface area contributed by atoms with E-state index < -0.39 is 0 Å². The van der Waals surface area contributed by atoms with E-state index in [1.54, 1.807) is 0 Å². The summed E-state index contributed by atoms with van der Waals surface area (Å²) in [5.41, 5.74) is 27.2. The van der Waals surface area contributed by atoms with Crippen LogP contribution in [-0.2, 0) is 16.2 Å². The highest BCUT2D eigenvalue weighted by molar-refractivity contribution is 6.93. The monoisotopic (exact) mass is 935 g/mol. The summed E-state index contributed by atoms with van der Waals surface area (Å²) in [5, 5.41) is 4.83. The molecule has 354 valence electrons. The van der Waals surface area contributed by atoms with Gasteiger partial charge < -0.3 is 14.1 Å². The summed E-state index contributed by atoms with van der Waals surface area (Å²) in [6.45, 7) is 25.5. The lowest BCUT2D eigenvalue weighted by Gasteiger charge is -2.46. The van der Waals surface area contributed by atoms with Crippen molar-refractivity contribution in [3.63, 3.8) is 0 Å². The molecule has 1 aromatic heterocycles. The maximum atomic E-state index is 7.19. The van der Waals surface area contributed by atoms with Crippen molar-refractivity contribution in [2.24, 2.45) is 0 Å². The van der Waals surface area contributed by atoms with Crippen LogP contribution < -0.4 is 20.6 Å². The fraction of sp³-hybridized carbons (Fsp3) is 0.235. The summed E-state index contributed by atoms with van der Waals surface area (Å²) in [5.74, 6) is 0. The van der Waals surface area contributed by atoms with E-state index in [-0.39, 0.29) is 23.1 Å². The smallest absolute Gasteiger partial charge is 0.333 e. The third-order valence-electron chi connectivity index (χ3n) is 17.0. The highest BCUT2D eigenvalue weighted by Crippen LogP contribution is 2.53. The number of nitrogens with zero attached hydrogens (tertiary/aromatic N) is 2. The van der Waals surface area contributed by atoms with Crippen molar-refractivity contribution in [3.05, 3.63) is 197 Å². The van der Waals surface area contributed by atoms with Gasteiger partial charge in [0.2, 0.25) is 0 Å². The molecule has 0 spiro atoms. The first-order chi connectivity index (χ1) is 34.4. The molecule has 13 rings (SSSR count). The first-order valence-electron chi connectivity index (χ1n) is 26.1. The van der Waals surface area contributed by atoms with Gasteiger partial charge in [0.05, 0.1) is 0 Å². The second-order valence-corrected chi connectivity index (χ2v) is 23.9. The SMILES string of the molecule is Cc1cc(C)c(-c2cc3c4c(c2)N(c2ccc(-c5ccccc5)cc2C)c2cc5oc6cc7c(cc6c5cc2B4N(c2ccc(C(C)(C)C)cc2)c2cc4ccccc4cc2-3)C(C)(C)CCC7(C)C)c(C)c1. The van der Waals surface area contributed by atoms with Gasteiger partial charge in [-0.3, -0.25) is 0 Å². The molecule has 3 aliphatic rings. The van der Waals surface area contributed by atoms with Crippen LogP contribution in [0.25, 0.3) is 66.1 Å². The zero-order valence-corrected chi connectivity index (χ0v) is 43.8. The van der Waals surface area contributed by atoms with Crippen LogP contribution in [0.5, 0.6) is 0 Å². The molecule has 0 N–H and O–H groups in total. The van der Waals surface area contributed by atoms with Crippen LogP contribution in [0.15, 0.2) is 162 Å². The summed E-state index contributed by atoms with van der Waals surface area (Å²) >= 11 is 0. The molecule has 0 atom stereocenters. The summed E-state index contributed by atoms with van der Waals surface area (Å²) < 4.78 is 7.19. The van der Waals surface area contributed by atoms with Crippen LogP contribution >= 0.6 is 0 Å². The maximum Gasteiger partial charge on any atom is 0.333 e. The van der Waals surface area contributed by atoms with Gasteiger partial charge in [-0.15, -0.1) is 0 Å². The predicted molar refractivity (Wildman–Crippen MR) is 309 cm³/mol. The zero-order valence-electron chi connectivity index (χ0n) is 43.8. The Balaban J connectivity index is 1.18. The second-order valence-electron chi connectivity index (χ2n) is 23.9. The largest absolute Gasteiger partial charge is 0.456 e. The van der Waals surface area contributed by atoms with E-state index >= 15 is 0 Å². The lowest BCUT2D eigenvalue weighted by atomic mass is 9.43. The van der Waals surface area contributed by atoms with E-state index in [9.17, 15) is 0 Å². The first kappa shape index (κ1) is 44.6. The van der Waals surface area contributed by atoms with Gasteiger partial charge in [-0.05, 0) is 200 Å². The van der Waals surface area contributed by atoms with Gasteiger partial charge in [-0.1, -0.05) is 145 Å². The van der Waals surface area contributed by atoms with Crippen molar-refractivity contribution < 1.29 is 4.42 Å². The van der Waals surface area contributed by atoms with Crippen molar-refractivity contribution >= 4 is 78.9 Å². The van der Waals surface area contributed by atoms with E-state index in [1.807, 2.05) is 0 Å². The van der Waals surface area contributed by atoms with E-state index in [0.717, 1.165) is 35.4 Å². The first-order valence-corrected chi connectivity index (χ1v) is 26.1. The van der Waals surface area contributed by atoms with Crippen molar-refractivity contribution in [1.82, 2.24) is 0 Å². The standard InChI is InChI=1S/C68H63BN2O/c1-40-29-42(3)64(43(4)30-40)48-33-54-51-32-45-19-15-16-20-46(45)34-59(51)71(50-24-22-49(23-25-50)66(5,6)7)69-57-37-53-52-36-55-56(68(10,11)28-27-67(55,8)9)38-62(52)72-63(53)39-60(57)70(61(35-48)65(54)69)58-26-21-47(31-41(58)2)44-17-13-12-14-18-44/h12-26,29-39H,27-28H2,1-11H3. The molecule has 1 aliphatic carbocycles. The number of furan rings is 1. The Morgan fingerprint density at radius 3 is 1.82 bits per heavy atom. The molecule has 4 heteroatoms. The molecule has 0 radical (unpaired) electrons. The maximum absolute atomic E-state index is 7.19. The molecule has 0 fully saturated rings. The van der Waals surface area contributed by atoms with Gasteiger partial charge in [0.1, 0.15) is 11.2 Å². The highest BCUT2D eigenvalue weighted by atomic mass is 16.3. The van der Waals surface area contributed by atoms with Crippen LogP contribution in [0.2, 0.25) is 0 Å². The normalized spacial score (nSPS) is 15.5. The average Bonchev–Trinajstić information content (AvgIpc) is 3.70. The zero-order chi connectivity index (χ0) is 49.7. The fourth-order valence-corrected chi connectivity index (χ4v) is 13.1. The van der Waals surface area contributed by atoms with Gasteiger partial charge in [0.15, 0.2) is 0 Å². The van der Waals surface area contributed by atoms with Gasteiger partial charge in [-0.2, -0.15) is 0 Å². The van der Waals surface area contributed by atoms with Crippen LogP contribution in [0.3, 0.4) is 0 Å². The Bertz CT molecular complexity index is 3880. The molecular weight excluding hydrogens is 872 g/mol. The molecule has 9 aromatic carbocycles. The Morgan fingerprint density at radius 1 is 0.500 bits per heavy atom. The third kappa shape index (κ3) is 6.78. The van der Waals surface area contributed by atoms with Gasteiger partial charge in [0.25, 0.3) is 0 Å². The van der Waals surface area contributed by atoms with E-state index in [4.69, 9.17) is 4.42 Å². The number of benzene rings is 9. The molecule has 0 unspecified atom stereocenters. The van der Waals surface area contributed by atoms with E-state index in [1.165, 1.54) is 122 Å². The van der Waals surface area contributed by atoms with Crippen LogP contribution in [0, 0.1) is 27.7 Å². The Labute approximate surface area is 426 Å². The third-order valence-corrected chi connectivity index (χ3v) is 17.0. The number of fused-ring (bicyclic) bond motifs is 9. The molecule has 10 aromatic rings. The molecule has 0 saturated heterocycles. The molecule has 3 heterocycles. The minimum absolute atomic E-state index is 0.0136. The average molecular weight is 935 g/mol. The lowest BCUT2D eigenvalue weighted by Crippen LogP contribution is -2.61. The van der Waals surface area contributed by atoms with Crippen LogP contribution in [-0.4, -0.2) is 6.85 Å². The summed E-state index contributed by atoms with van der Waals surface area (Å²) in [6, 6.07) is 60.6. The molecule has 72 heavy (non-hydrogen) atoms. The van der Waals surface area contributed by atoms with Crippen molar-refractivity contribution in [2.75, 3.05) is 9.71 Å². The quantitative estimate of drug-likeness (QED) is 0.164. The summed E-state index contributed by atoms with van der Waals surface area (Å²) in [4.78, 5) is 5.26. The second kappa shape index (κ2) is 15.6. The lowest BCUT2D eigenvalue weighted by molar-refractivity contribution is 0.332. The Kier molecular flexibility index (Phi) is 9.67. The summed E-state index contributed by atoms with van der Waals surface area (Å²) in [6.07, 6.45) is 2.31. The van der Waals surface area contributed by atoms with Gasteiger partial charge in [-0.25, -0.2) is 0 Å². The molecular formula is C68H63BN2O. The Morgan fingerprint density at radius 2 is 1.14 bits per heavy atom. The number of hydrogen-bond donors (Lipinski definition) is 0. The van der Waals surface area contributed by atoms with E-state index in [0.29, 0.717) is 0 Å². The molecule has 3 nitrogen and oxygen atoms in total. The molecule has 0 saturated carbocycles. The number of anilines is 5. The minimum atomic E-state index is -0.170. The van der Waals surface area contributed by atoms with Crippen molar-refractivity contribution in [3.8, 4) is 33.4 Å². The molecule has 0 bridgehead atoms. The van der Waals surface area contributed by atoms with Gasteiger partial charge in [0, 0.05) is 50.8 Å². The van der Waals surface area contributed by atoms with E-state index in [2.05, 4.69) is 244 Å². The summed E-state index contributed by atoms with van der Waals surface area (Å²) in [7, 11) is 0. The molecule has 2 aliphatic heterocycles. The number of rotatable bonds is 4.